The van der Waals surface area contributed by atoms with Gasteiger partial charge < -0.3 is 9.73 Å². The zero-order valence-electron chi connectivity index (χ0n) is 7.93. The first-order chi connectivity index (χ1) is 6.15. The molecule has 0 bridgehead atoms. The Bertz CT molecular complexity index is 304. The fraction of sp³-hybridized carbons (Fsp3) is 0.600. The lowest BCUT2D eigenvalue weighted by molar-refractivity contribution is 0.320. The highest BCUT2D eigenvalue weighted by molar-refractivity contribution is 9.10. The number of halogens is 1. The first-order valence-corrected chi connectivity index (χ1v) is 5.37. The molecule has 0 saturated heterocycles. The highest BCUT2D eigenvalue weighted by Crippen LogP contribution is 2.54. The fourth-order valence-corrected chi connectivity index (χ4v) is 2.12. The Labute approximate surface area is 86.8 Å². The third-order valence-electron chi connectivity index (χ3n) is 2.90. The number of rotatable bonds is 3. The van der Waals surface area contributed by atoms with Gasteiger partial charge in [0, 0.05) is 0 Å². The third kappa shape index (κ3) is 1.67. The molecule has 1 saturated carbocycles. The van der Waals surface area contributed by atoms with Crippen LogP contribution in [0.2, 0.25) is 0 Å². The summed E-state index contributed by atoms with van der Waals surface area (Å²) in [6.45, 7) is 2.30. The molecular weight excluding hydrogens is 230 g/mol. The Morgan fingerprint density at radius 2 is 2.23 bits per heavy atom. The van der Waals surface area contributed by atoms with E-state index in [-0.39, 0.29) is 0 Å². The Morgan fingerprint density at radius 3 is 2.62 bits per heavy atom. The molecule has 0 spiro atoms. The Balaban J connectivity index is 2.22. The van der Waals surface area contributed by atoms with E-state index >= 15 is 0 Å². The van der Waals surface area contributed by atoms with Crippen LogP contribution in [0, 0.1) is 5.41 Å². The normalized spacial score (nSPS) is 21.5. The first kappa shape index (κ1) is 9.28. The van der Waals surface area contributed by atoms with Crippen molar-refractivity contribution in [1.82, 2.24) is 5.32 Å². The van der Waals surface area contributed by atoms with E-state index in [0.717, 1.165) is 10.4 Å². The summed E-state index contributed by atoms with van der Waals surface area (Å²) in [5.41, 5.74) is 0.409. The largest absolute Gasteiger partial charge is 0.453 e. The molecule has 0 aliphatic heterocycles. The zero-order valence-corrected chi connectivity index (χ0v) is 9.52. The summed E-state index contributed by atoms with van der Waals surface area (Å²) >= 11 is 3.32. The molecule has 1 aliphatic carbocycles. The summed E-state index contributed by atoms with van der Waals surface area (Å²) in [6.07, 6.45) is 2.58. The van der Waals surface area contributed by atoms with Crippen LogP contribution >= 0.6 is 15.9 Å². The summed E-state index contributed by atoms with van der Waals surface area (Å²) in [5.74, 6) is 1.04. The number of hydrogen-bond acceptors (Lipinski definition) is 2. The van der Waals surface area contributed by atoms with Crippen LogP contribution in [0.1, 0.15) is 31.6 Å². The van der Waals surface area contributed by atoms with Crippen molar-refractivity contribution < 1.29 is 4.42 Å². The van der Waals surface area contributed by atoms with Crippen LogP contribution < -0.4 is 5.32 Å². The van der Waals surface area contributed by atoms with Crippen LogP contribution in [0.3, 0.4) is 0 Å². The molecule has 2 rings (SSSR count). The van der Waals surface area contributed by atoms with Crippen LogP contribution in [0.5, 0.6) is 0 Å². The lowest BCUT2D eigenvalue weighted by atomic mass is 9.97. The van der Waals surface area contributed by atoms with Gasteiger partial charge in [0.15, 0.2) is 4.67 Å². The molecule has 0 radical (unpaired) electrons. The maximum absolute atomic E-state index is 5.56. The van der Waals surface area contributed by atoms with Gasteiger partial charge in [0.2, 0.25) is 0 Å². The molecule has 1 N–H and O–H groups in total. The molecule has 1 aromatic heterocycles. The van der Waals surface area contributed by atoms with Gasteiger partial charge in [0.1, 0.15) is 5.76 Å². The van der Waals surface area contributed by atoms with Crippen LogP contribution in [-0.4, -0.2) is 7.05 Å². The standard InChI is InChI=1S/C10H14BrNO/c1-10(5-6-10)9(12-2)7-3-4-8(11)13-7/h3-4,9,12H,5-6H2,1-2H3. The van der Waals surface area contributed by atoms with E-state index in [0.29, 0.717) is 11.5 Å². The summed E-state index contributed by atoms with van der Waals surface area (Å²) < 4.78 is 6.37. The fourth-order valence-electron chi connectivity index (χ4n) is 1.80. The molecule has 13 heavy (non-hydrogen) atoms. The van der Waals surface area contributed by atoms with Gasteiger partial charge in [-0.25, -0.2) is 0 Å². The quantitative estimate of drug-likeness (QED) is 0.883. The third-order valence-corrected chi connectivity index (χ3v) is 3.33. The summed E-state index contributed by atoms with van der Waals surface area (Å²) in [6, 6.07) is 4.35. The number of nitrogens with one attached hydrogen (secondary N) is 1. The van der Waals surface area contributed by atoms with Gasteiger partial charge >= 0.3 is 0 Å². The van der Waals surface area contributed by atoms with E-state index in [4.69, 9.17) is 4.42 Å². The van der Waals surface area contributed by atoms with Crippen molar-refractivity contribution in [2.75, 3.05) is 7.05 Å². The van der Waals surface area contributed by atoms with Crippen molar-refractivity contribution in [3.05, 3.63) is 22.6 Å². The van der Waals surface area contributed by atoms with E-state index < -0.39 is 0 Å². The first-order valence-electron chi connectivity index (χ1n) is 4.58. The monoisotopic (exact) mass is 243 g/mol. The minimum atomic E-state index is 0.360. The maximum Gasteiger partial charge on any atom is 0.169 e. The smallest absolute Gasteiger partial charge is 0.169 e. The molecule has 2 nitrogen and oxygen atoms in total. The summed E-state index contributed by atoms with van der Waals surface area (Å²) in [5, 5.41) is 3.32. The van der Waals surface area contributed by atoms with Crippen molar-refractivity contribution in [2.45, 2.75) is 25.8 Å². The van der Waals surface area contributed by atoms with Gasteiger partial charge in [-0.1, -0.05) is 6.92 Å². The van der Waals surface area contributed by atoms with Crippen molar-refractivity contribution >= 4 is 15.9 Å². The van der Waals surface area contributed by atoms with Gasteiger partial charge in [-0.2, -0.15) is 0 Å². The van der Waals surface area contributed by atoms with Crippen molar-refractivity contribution in [3.8, 4) is 0 Å². The molecule has 1 aromatic rings. The van der Waals surface area contributed by atoms with E-state index in [1.165, 1.54) is 12.8 Å². The number of furan rings is 1. The van der Waals surface area contributed by atoms with Crippen LogP contribution in [-0.2, 0) is 0 Å². The molecule has 1 fully saturated rings. The van der Waals surface area contributed by atoms with Gasteiger partial charge in [0.25, 0.3) is 0 Å². The van der Waals surface area contributed by atoms with Gasteiger partial charge in [-0.05, 0) is 53.4 Å². The predicted octanol–water partition coefficient (Wildman–Crippen LogP) is 3.10. The second kappa shape index (κ2) is 3.14. The topological polar surface area (TPSA) is 25.2 Å². The van der Waals surface area contributed by atoms with Crippen LogP contribution in [0.15, 0.2) is 21.2 Å². The highest BCUT2D eigenvalue weighted by Gasteiger charge is 2.46. The SMILES string of the molecule is CNC(c1ccc(Br)o1)C1(C)CC1. The lowest BCUT2D eigenvalue weighted by Gasteiger charge is -2.20. The average molecular weight is 244 g/mol. The average Bonchev–Trinajstić information content (AvgIpc) is 2.67. The van der Waals surface area contributed by atoms with Crippen molar-refractivity contribution in [2.24, 2.45) is 5.41 Å². The molecule has 1 heterocycles. The zero-order chi connectivity index (χ0) is 9.47. The van der Waals surface area contributed by atoms with E-state index in [9.17, 15) is 0 Å². The number of hydrogen-bond donors (Lipinski definition) is 1. The molecule has 1 aliphatic rings. The lowest BCUT2D eigenvalue weighted by Crippen LogP contribution is -2.23. The highest BCUT2D eigenvalue weighted by atomic mass is 79.9. The Kier molecular flexibility index (Phi) is 2.24. The molecule has 1 atom stereocenters. The summed E-state index contributed by atoms with van der Waals surface area (Å²) in [7, 11) is 1.99. The molecular formula is C10H14BrNO. The van der Waals surface area contributed by atoms with Crippen molar-refractivity contribution in [1.29, 1.82) is 0 Å². The second-order valence-corrected chi connectivity index (χ2v) is 4.80. The second-order valence-electron chi connectivity index (χ2n) is 4.02. The molecule has 0 aromatic carbocycles. The molecule has 0 amide bonds. The van der Waals surface area contributed by atoms with E-state index in [1.54, 1.807) is 0 Å². The van der Waals surface area contributed by atoms with E-state index in [1.807, 2.05) is 19.2 Å². The Hall–Kier alpha value is -0.280. The van der Waals surface area contributed by atoms with Gasteiger partial charge in [0.05, 0.1) is 6.04 Å². The molecule has 1 unspecified atom stereocenters. The van der Waals surface area contributed by atoms with Gasteiger partial charge in [-0.3, -0.25) is 0 Å². The molecule has 72 valence electrons. The predicted molar refractivity (Wildman–Crippen MR) is 55.5 cm³/mol. The van der Waals surface area contributed by atoms with Crippen LogP contribution in [0.25, 0.3) is 0 Å². The van der Waals surface area contributed by atoms with Gasteiger partial charge in [-0.15, -0.1) is 0 Å². The van der Waals surface area contributed by atoms with E-state index in [2.05, 4.69) is 28.2 Å². The van der Waals surface area contributed by atoms with Crippen LogP contribution in [0.4, 0.5) is 0 Å². The molecule has 3 heteroatoms. The minimum absolute atomic E-state index is 0.360. The maximum atomic E-state index is 5.56. The van der Waals surface area contributed by atoms with Crippen molar-refractivity contribution in [3.63, 3.8) is 0 Å². The Morgan fingerprint density at radius 1 is 1.54 bits per heavy atom. The minimum Gasteiger partial charge on any atom is -0.453 e. The summed E-state index contributed by atoms with van der Waals surface area (Å²) in [4.78, 5) is 0.